The predicted molar refractivity (Wildman–Crippen MR) is 75.5 cm³/mol. The third kappa shape index (κ3) is 3.29. The van der Waals surface area contributed by atoms with E-state index in [4.69, 9.17) is 11.6 Å². The number of amides is 1. The highest BCUT2D eigenvalue weighted by molar-refractivity contribution is 6.29. The van der Waals surface area contributed by atoms with E-state index in [2.05, 4.69) is 29.1 Å². The summed E-state index contributed by atoms with van der Waals surface area (Å²) in [6, 6.07) is 7.70. The minimum absolute atomic E-state index is 0.239. The zero-order valence-electron chi connectivity index (χ0n) is 10.7. The van der Waals surface area contributed by atoms with Gasteiger partial charge in [0.05, 0.1) is 12.4 Å². The fourth-order valence-electron chi connectivity index (χ4n) is 1.73. The van der Waals surface area contributed by atoms with Gasteiger partial charge in [-0.2, -0.15) is 0 Å². The van der Waals surface area contributed by atoms with E-state index in [1.165, 1.54) is 12.4 Å². The smallest absolute Gasteiger partial charge is 0.275 e. The lowest BCUT2D eigenvalue weighted by Gasteiger charge is -2.13. The Morgan fingerprint density at radius 1 is 1.21 bits per heavy atom. The van der Waals surface area contributed by atoms with Gasteiger partial charge in [0.25, 0.3) is 5.91 Å². The highest BCUT2D eigenvalue weighted by atomic mass is 35.5. The molecule has 4 nitrogen and oxygen atoms in total. The molecule has 0 bridgehead atoms. The summed E-state index contributed by atoms with van der Waals surface area (Å²) in [5.74, 6) is 0.0325. The highest BCUT2D eigenvalue weighted by Crippen LogP contribution is 2.23. The quantitative estimate of drug-likeness (QED) is 0.933. The molecule has 0 aliphatic rings. The standard InChI is InChI=1S/C14H14ClN3O/c1-9(2)10-5-3-4-6-11(10)18-14(19)12-7-17-13(15)8-16-12/h3-9H,1-2H3,(H,18,19). The van der Waals surface area contributed by atoms with Gasteiger partial charge in [-0.25, -0.2) is 9.97 Å². The summed E-state index contributed by atoms with van der Waals surface area (Å²) in [4.78, 5) is 19.8. The van der Waals surface area contributed by atoms with Crippen LogP contribution < -0.4 is 5.32 Å². The monoisotopic (exact) mass is 275 g/mol. The Kier molecular flexibility index (Phi) is 4.12. The molecule has 98 valence electrons. The van der Waals surface area contributed by atoms with E-state index >= 15 is 0 Å². The number of para-hydroxylation sites is 1. The minimum atomic E-state index is -0.294. The number of nitrogens with zero attached hydrogens (tertiary/aromatic N) is 2. The van der Waals surface area contributed by atoms with Crippen LogP contribution in [0.15, 0.2) is 36.7 Å². The molecule has 2 aromatic rings. The number of carbonyl (C=O) groups excluding carboxylic acids is 1. The number of hydrogen-bond acceptors (Lipinski definition) is 3. The number of nitrogens with one attached hydrogen (secondary N) is 1. The first-order valence-electron chi connectivity index (χ1n) is 5.95. The van der Waals surface area contributed by atoms with E-state index in [0.29, 0.717) is 5.92 Å². The molecular weight excluding hydrogens is 262 g/mol. The van der Waals surface area contributed by atoms with Crippen molar-refractivity contribution in [3.8, 4) is 0 Å². The minimum Gasteiger partial charge on any atom is -0.320 e. The fraction of sp³-hybridized carbons (Fsp3) is 0.214. The highest BCUT2D eigenvalue weighted by Gasteiger charge is 2.12. The molecule has 5 heteroatoms. The maximum atomic E-state index is 12.0. The van der Waals surface area contributed by atoms with Gasteiger partial charge >= 0.3 is 0 Å². The number of aromatic nitrogens is 2. The Balaban J connectivity index is 2.22. The van der Waals surface area contributed by atoms with Crippen LogP contribution in [0.5, 0.6) is 0 Å². The summed E-state index contributed by atoms with van der Waals surface area (Å²) in [6.07, 6.45) is 2.71. The Bertz CT molecular complexity index is 581. The molecule has 0 unspecified atom stereocenters. The molecule has 19 heavy (non-hydrogen) atoms. The number of carbonyl (C=O) groups is 1. The molecule has 2 rings (SSSR count). The first kappa shape index (κ1) is 13.5. The molecule has 1 aromatic carbocycles. The molecule has 1 N–H and O–H groups in total. The van der Waals surface area contributed by atoms with Crippen LogP contribution in [0.4, 0.5) is 5.69 Å². The van der Waals surface area contributed by atoms with Crippen LogP contribution in [0.3, 0.4) is 0 Å². The van der Waals surface area contributed by atoms with Gasteiger partial charge in [-0.15, -0.1) is 0 Å². The molecule has 0 aliphatic heterocycles. The normalized spacial score (nSPS) is 10.5. The molecule has 0 saturated carbocycles. The van der Waals surface area contributed by atoms with Gasteiger partial charge in [0.1, 0.15) is 10.8 Å². The molecule has 0 radical (unpaired) electrons. The lowest BCUT2D eigenvalue weighted by molar-refractivity contribution is 0.102. The second-order valence-corrected chi connectivity index (χ2v) is 4.81. The third-order valence-electron chi connectivity index (χ3n) is 2.68. The second kappa shape index (κ2) is 5.80. The van der Waals surface area contributed by atoms with E-state index < -0.39 is 0 Å². The number of benzene rings is 1. The van der Waals surface area contributed by atoms with Crippen LogP contribution >= 0.6 is 11.6 Å². The van der Waals surface area contributed by atoms with E-state index in [-0.39, 0.29) is 16.8 Å². The van der Waals surface area contributed by atoms with Gasteiger partial charge in [-0.05, 0) is 17.5 Å². The Hall–Kier alpha value is -1.94. The van der Waals surface area contributed by atoms with Gasteiger partial charge in [0, 0.05) is 5.69 Å². The van der Waals surface area contributed by atoms with E-state index in [0.717, 1.165) is 11.3 Å². The summed E-state index contributed by atoms with van der Waals surface area (Å²) in [5.41, 5.74) is 2.11. The van der Waals surface area contributed by atoms with E-state index in [9.17, 15) is 4.79 Å². The van der Waals surface area contributed by atoms with Crippen molar-refractivity contribution >= 4 is 23.2 Å². The molecular formula is C14H14ClN3O. The molecule has 1 aromatic heterocycles. The molecule has 0 saturated heterocycles. The predicted octanol–water partition coefficient (Wildman–Crippen LogP) is 3.51. The van der Waals surface area contributed by atoms with Crippen molar-refractivity contribution in [1.29, 1.82) is 0 Å². The van der Waals surface area contributed by atoms with Gasteiger partial charge in [-0.3, -0.25) is 4.79 Å². The van der Waals surface area contributed by atoms with Crippen molar-refractivity contribution < 1.29 is 4.79 Å². The average Bonchev–Trinajstić information content (AvgIpc) is 2.39. The van der Waals surface area contributed by atoms with Crippen LogP contribution in [-0.2, 0) is 0 Å². The van der Waals surface area contributed by atoms with Gasteiger partial charge in [-0.1, -0.05) is 43.6 Å². The van der Waals surface area contributed by atoms with Crippen molar-refractivity contribution in [3.05, 3.63) is 53.1 Å². The number of halogens is 1. The van der Waals surface area contributed by atoms with Crippen LogP contribution in [0.25, 0.3) is 0 Å². The number of rotatable bonds is 3. The van der Waals surface area contributed by atoms with Crippen molar-refractivity contribution in [2.45, 2.75) is 19.8 Å². The van der Waals surface area contributed by atoms with Crippen molar-refractivity contribution in [3.63, 3.8) is 0 Å². The molecule has 0 fully saturated rings. The first-order valence-corrected chi connectivity index (χ1v) is 6.33. The van der Waals surface area contributed by atoms with E-state index in [1.54, 1.807) is 0 Å². The molecule has 0 atom stereocenters. The zero-order valence-corrected chi connectivity index (χ0v) is 11.5. The summed E-state index contributed by atoms with van der Waals surface area (Å²) < 4.78 is 0. The number of anilines is 1. The average molecular weight is 276 g/mol. The van der Waals surface area contributed by atoms with Crippen LogP contribution in [0.1, 0.15) is 35.8 Å². The second-order valence-electron chi connectivity index (χ2n) is 4.42. The topological polar surface area (TPSA) is 54.9 Å². The maximum Gasteiger partial charge on any atom is 0.275 e. The SMILES string of the molecule is CC(C)c1ccccc1NC(=O)c1cnc(Cl)cn1. The van der Waals surface area contributed by atoms with Gasteiger partial charge in [0.15, 0.2) is 0 Å². The van der Waals surface area contributed by atoms with Crippen LogP contribution in [0.2, 0.25) is 5.15 Å². The zero-order chi connectivity index (χ0) is 13.8. The Morgan fingerprint density at radius 3 is 2.58 bits per heavy atom. The molecule has 0 aliphatic carbocycles. The lowest BCUT2D eigenvalue weighted by atomic mass is 10.0. The van der Waals surface area contributed by atoms with Crippen molar-refractivity contribution in [1.82, 2.24) is 9.97 Å². The molecule has 0 spiro atoms. The van der Waals surface area contributed by atoms with Crippen LogP contribution in [0, 0.1) is 0 Å². The van der Waals surface area contributed by atoms with E-state index in [1.807, 2.05) is 24.3 Å². The molecule has 1 heterocycles. The maximum absolute atomic E-state index is 12.0. The Labute approximate surface area is 116 Å². The Morgan fingerprint density at radius 2 is 1.95 bits per heavy atom. The first-order chi connectivity index (χ1) is 9.08. The summed E-state index contributed by atoms with van der Waals surface area (Å²) in [5, 5.41) is 3.11. The lowest BCUT2D eigenvalue weighted by Crippen LogP contribution is -2.15. The van der Waals surface area contributed by atoms with Gasteiger partial charge < -0.3 is 5.32 Å². The largest absolute Gasteiger partial charge is 0.320 e. The third-order valence-corrected chi connectivity index (χ3v) is 2.88. The van der Waals surface area contributed by atoms with Crippen LogP contribution in [-0.4, -0.2) is 15.9 Å². The van der Waals surface area contributed by atoms with Crippen molar-refractivity contribution in [2.75, 3.05) is 5.32 Å². The summed E-state index contributed by atoms with van der Waals surface area (Å²) >= 11 is 5.64. The fourth-order valence-corrected chi connectivity index (χ4v) is 1.83. The molecule has 1 amide bonds. The summed E-state index contributed by atoms with van der Waals surface area (Å²) in [7, 11) is 0. The summed E-state index contributed by atoms with van der Waals surface area (Å²) in [6.45, 7) is 4.15. The van der Waals surface area contributed by atoms with Gasteiger partial charge in [0.2, 0.25) is 0 Å². The number of hydrogen-bond donors (Lipinski definition) is 1. The van der Waals surface area contributed by atoms with Crippen molar-refractivity contribution in [2.24, 2.45) is 0 Å².